The molecule has 0 atom stereocenters. The Hall–Kier alpha value is -2.37. The number of rotatable bonds is 15. The molecule has 0 unspecified atom stereocenters. The van der Waals surface area contributed by atoms with Crippen LogP contribution in [-0.4, -0.2) is 34.7 Å². The summed E-state index contributed by atoms with van der Waals surface area (Å²) in [6, 6.07) is 3.78. The van der Waals surface area contributed by atoms with Gasteiger partial charge >= 0.3 is 17.9 Å². The van der Waals surface area contributed by atoms with Gasteiger partial charge < -0.3 is 14.9 Å². The van der Waals surface area contributed by atoms with E-state index in [-0.39, 0.29) is 12.2 Å². The highest BCUT2D eigenvalue weighted by Crippen LogP contribution is 2.17. The standard InChI is InChI=1S/C22H32O6/c1-2-3-4-5-6-7-8-9-10-11-12-16-28-22(27)18-15-13-14-17(20(23)24)19(18)21(25)26/h13-15H,2-12,16H2,1H3,(H,23,24)(H,25,26). The lowest BCUT2D eigenvalue weighted by Crippen LogP contribution is -2.16. The van der Waals surface area contributed by atoms with Gasteiger partial charge in [0.25, 0.3) is 0 Å². The molecule has 1 aromatic rings. The van der Waals surface area contributed by atoms with Crippen LogP contribution in [0.5, 0.6) is 0 Å². The molecule has 2 N–H and O–H groups in total. The van der Waals surface area contributed by atoms with Crippen LogP contribution in [-0.2, 0) is 4.74 Å². The Bertz CT molecular complexity index is 638. The van der Waals surface area contributed by atoms with Crippen LogP contribution in [0.25, 0.3) is 0 Å². The summed E-state index contributed by atoms with van der Waals surface area (Å²) in [4.78, 5) is 34.7. The van der Waals surface area contributed by atoms with Gasteiger partial charge in [0, 0.05) is 0 Å². The van der Waals surface area contributed by atoms with E-state index in [1.165, 1.54) is 63.5 Å². The van der Waals surface area contributed by atoms with Crippen molar-refractivity contribution in [3.63, 3.8) is 0 Å². The molecule has 0 bridgehead atoms. The van der Waals surface area contributed by atoms with Crippen LogP contribution in [0.15, 0.2) is 18.2 Å². The molecule has 0 heterocycles. The van der Waals surface area contributed by atoms with Gasteiger partial charge in [-0.05, 0) is 18.6 Å². The van der Waals surface area contributed by atoms with Gasteiger partial charge in [-0.25, -0.2) is 14.4 Å². The molecular weight excluding hydrogens is 360 g/mol. The number of carboxylic acids is 2. The predicted molar refractivity (Wildman–Crippen MR) is 107 cm³/mol. The van der Waals surface area contributed by atoms with Crippen molar-refractivity contribution < 1.29 is 29.3 Å². The maximum absolute atomic E-state index is 12.1. The second-order valence-electron chi connectivity index (χ2n) is 7.01. The highest BCUT2D eigenvalue weighted by Gasteiger charge is 2.24. The SMILES string of the molecule is CCCCCCCCCCCCCOC(=O)c1cccc(C(=O)O)c1C(=O)O. The van der Waals surface area contributed by atoms with E-state index in [4.69, 9.17) is 9.84 Å². The number of carbonyl (C=O) groups excluding carboxylic acids is 1. The number of hydrogen-bond donors (Lipinski definition) is 2. The lowest BCUT2D eigenvalue weighted by molar-refractivity contribution is 0.0487. The zero-order valence-corrected chi connectivity index (χ0v) is 16.7. The molecule has 156 valence electrons. The Balaban J connectivity index is 2.27. The van der Waals surface area contributed by atoms with E-state index in [9.17, 15) is 19.5 Å². The summed E-state index contributed by atoms with van der Waals surface area (Å²) >= 11 is 0. The third-order valence-corrected chi connectivity index (χ3v) is 4.71. The van der Waals surface area contributed by atoms with Gasteiger partial charge in [0.2, 0.25) is 0 Å². The summed E-state index contributed by atoms with van der Waals surface area (Å²) < 4.78 is 5.14. The third-order valence-electron chi connectivity index (χ3n) is 4.71. The first kappa shape index (κ1) is 23.7. The zero-order chi connectivity index (χ0) is 20.8. The molecule has 6 nitrogen and oxygen atoms in total. The molecule has 28 heavy (non-hydrogen) atoms. The van der Waals surface area contributed by atoms with Crippen molar-refractivity contribution in [1.29, 1.82) is 0 Å². The normalized spacial score (nSPS) is 10.6. The topological polar surface area (TPSA) is 101 Å². The molecule has 1 aromatic carbocycles. The second-order valence-corrected chi connectivity index (χ2v) is 7.01. The van der Waals surface area contributed by atoms with Crippen LogP contribution in [0.2, 0.25) is 0 Å². The Kier molecular flexibility index (Phi) is 11.6. The minimum atomic E-state index is -1.46. The predicted octanol–water partition coefficient (Wildman–Crippen LogP) is 5.55. The summed E-state index contributed by atoms with van der Waals surface area (Å²) in [6.07, 6.45) is 13.0. The smallest absolute Gasteiger partial charge is 0.339 e. The first-order valence-electron chi connectivity index (χ1n) is 10.3. The zero-order valence-electron chi connectivity index (χ0n) is 16.7. The molecule has 0 aliphatic rings. The molecular formula is C22H32O6. The van der Waals surface area contributed by atoms with E-state index in [0.29, 0.717) is 6.42 Å². The molecule has 6 heteroatoms. The average molecular weight is 392 g/mol. The van der Waals surface area contributed by atoms with Gasteiger partial charge in [-0.3, -0.25) is 0 Å². The lowest BCUT2D eigenvalue weighted by atomic mass is 10.0. The van der Waals surface area contributed by atoms with E-state index in [1.807, 2.05) is 0 Å². The number of ether oxygens (including phenoxy) is 1. The number of unbranched alkanes of at least 4 members (excludes halogenated alkanes) is 10. The van der Waals surface area contributed by atoms with Crippen LogP contribution >= 0.6 is 0 Å². The lowest BCUT2D eigenvalue weighted by Gasteiger charge is -2.09. The first-order chi connectivity index (χ1) is 13.5. The molecule has 0 saturated heterocycles. The number of hydrogen-bond acceptors (Lipinski definition) is 4. The van der Waals surface area contributed by atoms with Crippen LogP contribution < -0.4 is 0 Å². The summed E-state index contributed by atoms with van der Waals surface area (Å²) in [7, 11) is 0. The van der Waals surface area contributed by atoms with Gasteiger partial charge in [-0.2, -0.15) is 0 Å². The Morgan fingerprint density at radius 2 is 1.25 bits per heavy atom. The molecule has 0 spiro atoms. The molecule has 0 saturated carbocycles. The largest absolute Gasteiger partial charge is 0.478 e. The van der Waals surface area contributed by atoms with E-state index >= 15 is 0 Å². The van der Waals surface area contributed by atoms with Gasteiger partial charge in [-0.15, -0.1) is 0 Å². The van der Waals surface area contributed by atoms with Crippen molar-refractivity contribution in [2.45, 2.75) is 77.6 Å². The Morgan fingerprint density at radius 1 is 0.750 bits per heavy atom. The van der Waals surface area contributed by atoms with Crippen molar-refractivity contribution in [3.8, 4) is 0 Å². The maximum Gasteiger partial charge on any atom is 0.339 e. The average Bonchev–Trinajstić information content (AvgIpc) is 2.67. The monoisotopic (exact) mass is 392 g/mol. The molecule has 0 radical (unpaired) electrons. The molecule has 0 fully saturated rings. The van der Waals surface area contributed by atoms with Crippen molar-refractivity contribution >= 4 is 17.9 Å². The Labute approximate surface area is 166 Å². The van der Waals surface area contributed by atoms with E-state index < -0.39 is 29.0 Å². The highest BCUT2D eigenvalue weighted by atomic mass is 16.5. The maximum atomic E-state index is 12.1. The minimum Gasteiger partial charge on any atom is -0.478 e. The molecule has 0 aliphatic carbocycles. The summed E-state index contributed by atoms with van der Waals surface area (Å²) in [5, 5.41) is 18.3. The van der Waals surface area contributed by atoms with Crippen molar-refractivity contribution in [2.75, 3.05) is 6.61 Å². The van der Waals surface area contributed by atoms with Crippen LogP contribution in [0, 0.1) is 0 Å². The molecule has 0 aliphatic heterocycles. The number of benzene rings is 1. The van der Waals surface area contributed by atoms with Crippen molar-refractivity contribution in [2.24, 2.45) is 0 Å². The van der Waals surface area contributed by atoms with Crippen molar-refractivity contribution in [3.05, 3.63) is 34.9 Å². The fourth-order valence-corrected chi connectivity index (χ4v) is 3.14. The Morgan fingerprint density at radius 3 is 1.75 bits per heavy atom. The van der Waals surface area contributed by atoms with E-state index in [2.05, 4.69) is 6.92 Å². The van der Waals surface area contributed by atoms with Gasteiger partial charge in [-0.1, -0.05) is 77.2 Å². The van der Waals surface area contributed by atoms with E-state index in [1.54, 1.807) is 0 Å². The van der Waals surface area contributed by atoms with E-state index in [0.717, 1.165) is 18.9 Å². The summed E-state index contributed by atoms with van der Waals surface area (Å²) in [6.45, 7) is 2.42. The van der Waals surface area contributed by atoms with Crippen LogP contribution in [0.1, 0.15) is 109 Å². The fraction of sp³-hybridized carbons (Fsp3) is 0.591. The van der Waals surface area contributed by atoms with Gasteiger partial charge in [0.1, 0.15) is 0 Å². The number of carbonyl (C=O) groups is 3. The molecule has 0 aromatic heterocycles. The fourth-order valence-electron chi connectivity index (χ4n) is 3.14. The highest BCUT2D eigenvalue weighted by molar-refractivity contribution is 6.09. The van der Waals surface area contributed by atoms with Gasteiger partial charge in [0.15, 0.2) is 0 Å². The third kappa shape index (κ3) is 8.55. The molecule has 1 rings (SSSR count). The minimum absolute atomic E-state index is 0.201. The number of esters is 1. The van der Waals surface area contributed by atoms with Gasteiger partial charge in [0.05, 0.1) is 23.3 Å². The second kappa shape index (κ2) is 13.7. The summed E-state index contributed by atoms with van der Waals surface area (Å²) in [5.41, 5.74) is -1.17. The summed E-state index contributed by atoms with van der Waals surface area (Å²) in [5.74, 6) is -3.65. The molecule has 0 amide bonds. The van der Waals surface area contributed by atoms with Crippen LogP contribution in [0.4, 0.5) is 0 Å². The first-order valence-corrected chi connectivity index (χ1v) is 10.3. The number of carboxylic acid groups (broad SMARTS) is 2. The number of aromatic carboxylic acids is 2. The van der Waals surface area contributed by atoms with Crippen molar-refractivity contribution in [1.82, 2.24) is 0 Å². The van der Waals surface area contributed by atoms with Crippen LogP contribution in [0.3, 0.4) is 0 Å². The quantitative estimate of drug-likeness (QED) is 0.300.